The Balaban J connectivity index is 1.67. The number of aromatic nitrogens is 2. The fourth-order valence-electron chi connectivity index (χ4n) is 2.28. The lowest BCUT2D eigenvalue weighted by Crippen LogP contribution is -2.44. The molecule has 104 valence electrons. The molecule has 3 rings (SSSR count). The quantitative estimate of drug-likeness (QED) is 0.903. The highest BCUT2D eigenvalue weighted by molar-refractivity contribution is 7.15. The maximum atomic E-state index is 12.2. The van der Waals surface area contributed by atoms with Crippen molar-refractivity contribution < 1.29 is 4.79 Å². The molecule has 2 N–H and O–H groups in total. The first-order chi connectivity index (χ1) is 9.76. The molecule has 0 bridgehead atoms. The van der Waals surface area contributed by atoms with E-state index >= 15 is 0 Å². The highest BCUT2D eigenvalue weighted by Gasteiger charge is 2.24. The standard InChI is InChI=1S/C14H16N4OS/c1-2-12-17-18-14(20-12)16-13(19)11-7-9-5-3-4-6-10(9)8-15-11/h3-6,11,15H,2,7-8H2,1H3,(H,16,18,19)/t11-/m1/s1. The van der Waals surface area contributed by atoms with Crippen LogP contribution < -0.4 is 10.6 Å². The number of carbonyl (C=O) groups excluding carboxylic acids is 1. The first kappa shape index (κ1) is 13.2. The van der Waals surface area contributed by atoms with Gasteiger partial charge in [0.15, 0.2) is 0 Å². The third-order valence-corrected chi connectivity index (χ3v) is 4.38. The lowest BCUT2D eigenvalue weighted by molar-refractivity contribution is -0.118. The second kappa shape index (κ2) is 5.68. The summed E-state index contributed by atoms with van der Waals surface area (Å²) in [6, 6.07) is 8.00. The van der Waals surface area contributed by atoms with Crippen molar-refractivity contribution in [1.29, 1.82) is 0 Å². The Labute approximate surface area is 121 Å². The van der Waals surface area contributed by atoms with Gasteiger partial charge in [-0.3, -0.25) is 10.1 Å². The molecule has 0 saturated carbocycles. The van der Waals surface area contributed by atoms with Crippen LogP contribution in [-0.2, 0) is 24.2 Å². The van der Waals surface area contributed by atoms with E-state index in [2.05, 4.69) is 33.0 Å². The molecule has 6 heteroatoms. The third kappa shape index (κ3) is 2.71. The average molecular weight is 288 g/mol. The van der Waals surface area contributed by atoms with Gasteiger partial charge in [0.05, 0.1) is 6.04 Å². The number of aryl methyl sites for hydroxylation is 1. The van der Waals surface area contributed by atoms with Gasteiger partial charge < -0.3 is 5.32 Å². The summed E-state index contributed by atoms with van der Waals surface area (Å²) in [5.74, 6) is -0.0432. The molecular formula is C14H16N4OS. The molecule has 1 aromatic heterocycles. The van der Waals surface area contributed by atoms with Gasteiger partial charge in [-0.1, -0.05) is 42.5 Å². The number of hydrogen-bond donors (Lipinski definition) is 2. The number of nitrogens with zero attached hydrogens (tertiary/aromatic N) is 2. The summed E-state index contributed by atoms with van der Waals surface area (Å²) >= 11 is 1.43. The SMILES string of the molecule is CCc1nnc(NC(=O)[C@H]2Cc3ccccc3CN2)s1. The summed E-state index contributed by atoms with van der Waals surface area (Å²) in [6.45, 7) is 2.75. The summed E-state index contributed by atoms with van der Waals surface area (Å²) in [6.07, 6.45) is 1.55. The van der Waals surface area contributed by atoms with Gasteiger partial charge in [-0.15, -0.1) is 10.2 Å². The number of carbonyl (C=O) groups is 1. The molecule has 0 saturated heterocycles. The summed E-state index contributed by atoms with van der Waals surface area (Å²) in [5, 5.41) is 15.6. The van der Waals surface area contributed by atoms with Gasteiger partial charge in [0, 0.05) is 6.54 Å². The predicted molar refractivity (Wildman–Crippen MR) is 78.7 cm³/mol. The van der Waals surface area contributed by atoms with Crippen molar-refractivity contribution in [3.8, 4) is 0 Å². The molecule has 2 heterocycles. The number of nitrogens with one attached hydrogen (secondary N) is 2. The van der Waals surface area contributed by atoms with Crippen LogP contribution in [0.3, 0.4) is 0 Å². The Morgan fingerprint density at radius 3 is 2.95 bits per heavy atom. The van der Waals surface area contributed by atoms with Gasteiger partial charge in [-0.05, 0) is 24.0 Å². The van der Waals surface area contributed by atoms with Crippen LogP contribution in [0.1, 0.15) is 23.1 Å². The molecule has 0 aliphatic carbocycles. The van der Waals surface area contributed by atoms with E-state index < -0.39 is 0 Å². The maximum Gasteiger partial charge on any atom is 0.243 e. The summed E-state index contributed by atoms with van der Waals surface area (Å²) < 4.78 is 0. The van der Waals surface area contributed by atoms with Crippen LogP contribution in [0.4, 0.5) is 5.13 Å². The molecule has 0 unspecified atom stereocenters. The normalized spacial score (nSPS) is 17.6. The highest BCUT2D eigenvalue weighted by atomic mass is 32.1. The van der Waals surface area contributed by atoms with Crippen molar-refractivity contribution in [1.82, 2.24) is 15.5 Å². The van der Waals surface area contributed by atoms with Crippen LogP contribution in [0.25, 0.3) is 0 Å². The Morgan fingerprint density at radius 2 is 2.20 bits per heavy atom. The Bertz CT molecular complexity index is 625. The second-order valence-electron chi connectivity index (χ2n) is 4.75. The number of anilines is 1. The van der Waals surface area contributed by atoms with Gasteiger partial charge in [-0.25, -0.2) is 0 Å². The number of rotatable bonds is 3. The topological polar surface area (TPSA) is 66.9 Å². The molecule has 2 aromatic rings. The highest BCUT2D eigenvalue weighted by Crippen LogP contribution is 2.19. The Morgan fingerprint density at radius 1 is 1.40 bits per heavy atom. The van der Waals surface area contributed by atoms with Crippen LogP contribution in [0.15, 0.2) is 24.3 Å². The van der Waals surface area contributed by atoms with Crippen LogP contribution in [0.2, 0.25) is 0 Å². The fourth-order valence-corrected chi connectivity index (χ4v) is 2.96. The zero-order valence-electron chi connectivity index (χ0n) is 11.2. The molecule has 1 aliphatic rings. The Kier molecular flexibility index (Phi) is 3.75. The molecule has 20 heavy (non-hydrogen) atoms. The summed E-state index contributed by atoms with van der Waals surface area (Å²) in [7, 11) is 0. The molecule has 1 atom stereocenters. The van der Waals surface area contributed by atoms with Gasteiger partial charge in [0.25, 0.3) is 0 Å². The van der Waals surface area contributed by atoms with Gasteiger partial charge in [0.2, 0.25) is 11.0 Å². The first-order valence-corrected chi connectivity index (χ1v) is 7.51. The molecule has 0 spiro atoms. The minimum absolute atomic E-state index is 0.0432. The number of benzene rings is 1. The van der Waals surface area contributed by atoms with Gasteiger partial charge in [-0.2, -0.15) is 0 Å². The molecule has 1 amide bonds. The van der Waals surface area contributed by atoms with Crippen LogP contribution >= 0.6 is 11.3 Å². The predicted octanol–water partition coefficient (Wildman–Crippen LogP) is 1.75. The molecule has 1 aromatic carbocycles. The fraction of sp³-hybridized carbons (Fsp3) is 0.357. The maximum absolute atomic E-state index is 12.2. The van der Waals surface area contributed by atoms with E-state index in [1.807, 2.05) is 19.1 Å². The lowest BCUT2D eigenvalue weighted by atomic mass is 9.95. The number of hydrogen-bond acceptors (Lipinski definition) is 5. The molecule has 5 nitrogen and oxygen atoms in total. The molecule has 0 fully saturated rings. The van der Waals surface area contributed by atoms with Crippen molar-refractivity contribution in [2.75, 3.05) is 5.32 Å². The first-order valence-electron chi connectivity index (χ1n) is 6.69. The van der Waals surface area contributed by atoms with Crippen LogP contribution in [0.5, 0.6) is 0 Å². The Hall–Kier alpha value is -1.79. The van der Waals surface area contributed by atoms with Crippen molar-refractivity contribution in [3.05, 3.63) is 40.4 Å². The zero-order chi connectivity index (χ0) is 13.9. The minimum atomic E-state index is -0.209. The van der Waals surface area contributed by atoms with Gasteiger partial charge >= 0.3 is 0 Å². The van der Waals surface area contributed by atoms with Crippen molar-refractivity contribution in [3.63, 3.8) is 0 Å². The molecule has 0 radical (unpaired) electrons. The summed E-state index contributed by atoms with van der Waals surface area (Å²) in [5.41, 5.74) is 2.50. The monoisotopic (exact) mass is 288 g/mol. The van der Waals surface area contributed by atoms with Crippen molar-refractivity contribution in [2.24, 2.45) is 0 Å². The van der Waals surface area contributed by atoms with E-state index in [-0.39, 0.29) is 11.9 Å². The smallest absolute Gasteiger partial charge is 0.243 e. The molecule has 1 aliphatic heterocycles. The second-order valence-corrected chi connectivity index (χ2v) is 5.81. The molecular weight excluding hydrogens is 272 g/mol. The van der Waals surface area contributed by atoms with E-state index in [4.69, 9.17) is 0 Å². The number of amides is 1. The van der Waals surface area contributed by atoms with Crippen molar-refractivity contribution >= 4 is 22.4 Å². The van der Waals surface area contributed by atoms with Gasteiger partial charge in [0.1, 0.15) is 5.01 Å². The van der Waals surface area contributed by atoms with E-state index in [1.165, 1.54) is 22.5 Å². The average Bonchev–Trinajstić information content (AvgIpc) is 2.94. The van der Waals surface area contributed by atoms with Crippen LogP contribution in [-0.4, -0.2) is 22.1 Å². The van der Waals surface area contributed by atoms with E-state index in [0.717, 1.165) is 18.0 Å². The minimum Gasteiger partial charge on any atom is -0.301 e. The lowest BCUT2D eigenvalue weighted by Gasteiger charge is -2.24. The third-order valence-electron chi connectivity index (χ3n) is 3.40. The van der Waals surface area contributed by atoms with E-state index in [9.17, 15) is 4.79 Å². The number of fused-ring (bicyclic) bond motifs is 1. The summed E-state index contributed by atoms with van der Waals surface area (Å²) in [4.78, 5) is 12.2. The van der Waals surface area contributed by atoms with E-state index in [0.29, 0.717) is 11.6 Å². The largest absolute Gasteiger partial charge is 0.301 e. The zero-order valence-corrected chi connectivity index (χ0v) is 12.0. The van der Waals surface area contributed by atoms with Crippen molar-refractivity contribution in [2.45, 2.75) is 32.4 Å². The van der Waals surface area contributed by atoms with Crippen LogP contribution in [0, 0.1) is 0 Å². The van der Waals surface area contributed by atoms with E-state index in [1.54, 1.807) is 0 Å².